The predicted octanol–water partition coefficient (Wildman–Crippen LogP) is 3.30. The third-order valence-electron chi connectivity index (χ3n) is 3.66. The van der Waals surface area contributed by atoms with Gasteiger partial charge in [0.25, 0.3) is 0 Å². The summed E-state index contributed by atoms with van der Waals surface area (Å²) in [5.41, 5.74) is 0.206. The maximum absolute atomic E-state index is 14.1. The van der Waals surface area contributed by atoms with Crippen molar-refractivity contribution in [2.75, 3.05) is 26.2 Å². The summed E-state index contributed by atoms with van der Waals surface area (Å²) in [5, 5.41) is 3.11. The Hall–Kier alpha value is -0.850. The van der Waals surface area contributed by atoms with Crippen molar-refractivity contribution < 1.29 is 17.6 Å². The summed E-state index contributed by atoms with van der Waals surface area (Å²) in [6.45, 7) is 3.87. The molecule has 2 nitrogen and oxygen atoms in total. The number of nitrogens with one attached hydrogen (secondary N) is 1. The third kappa shape index (κ3) is 4.31. The topological polar surface area (TPSA) is 15.3 Å². The normalized spacial score (nSPS) is 17.6. The van der Waals surface area contributed by atoms with Gasteiger partial charge in [-0.2, -0.15) is 0 Å². The first-order valence-electron chi connectivity index (χ1n) is 6.68. The van der Waals surface area contributed by atoms with E-state index < -0.39 is 30.5 Å². The van der Waals surface area contributed by atoms with Crippen molar-refractivity contribution in [1.82, 2.24) is 10.2 Å². The number of hydrogen-bond donors (Lipinski definition) is 1. The molecule has 0 aromatic heterocycles. The first-order chi connectivity index (χ1) is 9.50. The molecule has 1 saturated heterocycles. The van der Waals surface area contributed by atoms with E-state index in [-0.39, 0.29) is 23.5 Å². The van der Waals surface area contributed by atoms with Gasteiger partial charge in [0.05, 0.1) is 0 Å². The molecule has 0 radical (unpaired) electrons. The zero-order chi connectivity index (χ0) is 14.7. The average Bonchev–Trinajstić information content (AvgIpc) is 2.44. The average molecular weight is 327 g/mol. The number of benzene rings is 1. The van der Waals surface area contributed by atoms with Gasteiger partial charge >= 0.3 is 0 Å². The summed E-state index contributed by atoms with van der Waals surface area (Å²) in [7, 11) is 0. The number of piperazine rings is 1. The molecule has 0 bridgehead atoms. The van der Waals surface area contributed by atoms with E-state index in [4.69, 9.17) is 0 Å². The molecule has 1 N–H and O–H groups in total. The molecule has 21 heavy (non-hydrogen) atoms. The molecule has 0 saturated carbocycles. The van der Waals surface area contributed by atoms with Crippen LogP contribution in [0.3, 0.4) is 0 Å². The second-order valence-electron chi connectivity index (χ2n) is 5.03. The van der Waals surface area contributed by atoms with Crippen LogP contribution in [0.1, 0.15) is 23.6 Å². The molecule has 1 aliphatic rings. The van der Waals surface area contributed by atoms with Crippen LogP contribution in [0.2, 0.25) is 0 Å². The van der Waals surface area contributed by atoms with Crippen LogP contribution in [-0.2, 0) is 0 Å². The molecular weight excluding hydrogens is 308 g/mol. The maximum atomic E-state index is 14.1. The molecule has 1 aromatic carbocycles. The Morgan fingerprint density at radius 3 is 2.33 bits per heavy atom. The molecule has 1 aromatic rings. The zero-order valence-electron chi connectivity index (χ0n) is 11.7. The lowest BCUT2D eigenvalue weighted by atomic mass is 9.99. The second kappa shape index (κ2) is 7.96. The third-order valence-corrected chi connectivity index (χ3v) is 3.66. The number of alkyl halides is 2. The van der Waals surface area contributed by atoms with Gasteiger partial charge in [-0.05, 0) is 12.5 Å². The lowest BCUT2D eigenvalue weighted by Gasteiger charge is -2.35. The molecule has 120 valence electrons. The standard InChI is InChI=1S/C14H18F4N2.ClH/c1-9-2-3-10(14(18)13(9)17)11(8-12(15)16)20-6-4-19-5-7-20;/h2-3,11-12,19H,4-8H2,1H3;1H/t11-;/m1./s1. The van der Waals surface area contributed by atoms with E-state index in [2.05, 4.69) is 5.32 Å². The fourth-order valence-corrected chi connectivity index (χ4v) is 2.55. The minimum Gasteiger partial charge on any atom is -0.314 e. The van der Waals surface area contributed by atoms with Crippen LogP contribution in [0, 0.1) is 18.6 Å². The number of halogens is 5. The van der Waals surface area contributed by atoms with Crippen molar-refractivity contribution in [2.24, 2.45) is 0 Å². The summed E-state index contributed by atoms with van der Waals surface area (Å²) >= 11 is 0. The van der Waals surface area contributed by atoms with Crippen molar-refractivity contribution in [3.63, 3.8) is 0 Å². The van der Waals surface area contributed by atoms with Crippen molar-refractivity contribution in [1.29, 1.82) is 0 Å². The summed E-state index contributed by atoms with van der Waals surface area (Å²) in [5.74, 6) is -1.95. The molecule has 7 heteroatoms. The summed E-state index contributed by atoms with van der Waals surface area (Å²) in [4.78, 5) is 1.79. The highest BCUT2D eigenvalue weighted by molar-refractivity contribution is 5.85. The van der Waals surface area contributed by atoms with Crippen molar-refractivity contribution in [3.8, 4) is 0 Å². The largest absolute Gasteiger partial charge is 0.314 e. The predicted molar refractivity (Wildman–Crippen MR) is 76.1 cm³/mol. The van der Waals surface area contributed by atoms with Gasteiger partial charge in [-0.15, -0.1) is 12.4 Å². The SMILES string of the molecule is Cc1ccc([C@@H](CC(F)F)N2CCNCC2)c(F)c1F.Cl. The van der Waals surface area contributed by atoms with Gasteiger partial charge in [-0.25, -0.2) is 17.6 Å². The van der Waals surface area contributed by atoms with E-state index in [0.717, 1.165) is 0 Å². The summed E-state index contributed by atoms with van der Waals surface area (Å²) < 4.78 is 53.3. The molecule has 2 rings (SSSR count). The van der Waals surface area contributed by atoms with Gasteiger partial charge in [0.2, 0.25) is 6.43 Å². The highest BCUT2D eigenvalue weighted by Crippen LogP contribution is 2.31. The number of nitrogens with zero attached hydrogens (tertiary/aromatic N) is 1. The van der Waals surface area contributed by atoms with Gasteiger partial charge in [-0.3, -0.25) is 4.90 Å². The van der Waals surface area contributed by atoms with Crippen LogP contribution >= 0.6 is 12.4 Å². The van der Waals surface area contributed by atoms with Crippen LogP contribution in [0.4, 0.5) is 17.6 Å². The number of rotatable bonds is 4. The summed E-state index contributed by atoms with van der Waals surface area (Å²) in [6, 6.07) is 2.07. The van der Waals surface area contributed by atoms with Crippen molar-refractivity contribution in [2.45, 2.75) is 25.8 Å². The molecule has 0 amide bonds. The van der Waals surface area contributed by atoms with Crippen molar-refractivity contribution >= 4 is 12.4 Å². The quantitative estimate of drug-likeness (QED) is 0.854. The van der Waals surface area contributed by atoms with E-state index >= 15 is 0 Å². The Bertz CT molecular complexity index is 465. The second-order valence-corrected chi connectivity index (χ2v) is 5.03. The van der Waals surface area contributed by atoms with E-state index in [0.29, 0.717) is 26.2 Å². The minimum absolute atomic E-state index is 0. The van der Waals surface area contributed by atoms with E-state index in [1.165, 1.54) is 19.1 Å². The van der Waals surface area contributed by atoms with E-state index in [1.807, 2.05) is 0 Å². The molecule has 0 aliphatic carbocycles. The summed E-state index contributed by atoms with van der Waals surface area (Å²) in [6.07, 6.45) is -3.04. The van der Waals surface area contributed by atoms with Crippen LogP contribution < -0.4 is 5.32 Å². The van der Waals surface area contributed by atoms with Gasteiger partial charge in [-0.1, -0.05) is 12.1 Å². The molecule has 0 spiro atoms. The molecule has 1 fully saturated rings. The van der Waals surface area contributed by atoms with Gasteiger partial charge in [0.15, 0.2) is 11.6 Å². The molecule has 1 aliphatic heterocycles. The first-order valence-corrected chi connectivity index (χ1v) is 6.68. The van der Waals surface area contributed by atoms with Crippen LogP contribution in [0.25, 0.3) is 0 Å². The monoisotopic (exact) mass is 326 g/mol. The van der Waals surface area contributed by atoms with Gasteiger partial charge in [0.1, 0.15) is 0 Å². The smallest absolute Gasteiger partial charge is 0.240 e. The molecule has 1 atom stereocenters. The number of aryl methyl sites for hydroxylation is 1. The molecule has 1 heterocycles. The minimum atomic E-state index is -2.56. The molecule has 0 unspecified atom stereocenters. The maximum Gasteiger partial charge on any atom is 0.240 e. The lowest BCUT2D eigenvalue weighted by molar-refractivity contribution is 0.0722. The van der Waals surface area contributed by atoms with E-state index in [1.54, 1.807) is 4.90 Å². The number of hydrogen-bond acceptors (Lipinski definition) is 2. The van der Waals surface area contributed by atoms with Crippen LogP contribution in [-0.4, -0.2) is 37.5 Å². The Labute approximate surface area is 127 Å². The van der Waals surface area contributed by atoms with Crippen LogP contribution in [0.5, 0.6) is 0 Å². The highest BCUT2D eigenvalue weighted by atomic mass is 35.5. The Morgan fingerprint density at radius 1 is 1.14 bits per heavy atom. The van der Waals surface area contributed by atoms with Crippen molar-refractivity contribution in [3.05, 3.63) is 34.9 Å². The Morgan fingerprint density at radius 2 is 1.76 bits per heavy atom. The Balaban J connectivity index is 0.00000220. The lowest BCUT2D eigenvalue weighted by Crippen LogP contribution is -2.45. The zero-order valence-corrected chi connectivity index (χ0v) is 12.5. The fourth-order valence-electron chi connectivity index (χ4n) is 2.55. The van der Waals surface area contributed by atoms with Crippen LogP contribution in [0.15, 0.2) is 12.1 Å². The van der Waals surface area contributed by atoms with Gasteiger partial charge in [0, 0.05) is 44.2 Å². The highest BCUT2D eigenvalue weighted by Gasteiger charge is 2.28. The molecular formula is C14H19ClF4N2. The Kier molecular flexibility index (Phi) is 6.90. The fraction of sp³-hybridized carbons (Fsp3) is 0.571. The van der Waals surface area contributed by atoms with E-state index in [9.17, 15) is 17.6 Å². The first kappa shape index (κ1) is 18.2. The van der Waals surface area contributed by atoms with Gasteiger partial charge < -0.3 is 5.32 Å².